The lowest BCUT2D eigenvalue weighted by Crippen LogP contribution is -2.50. The summed E-state index contributed by atoms with van der Waals surface area (Å²) in [5.74, 6) is 0.231. The second kappa shape index (κ2) is 7.39. The van der Waals surface area contributed by atoms with Crippen molar-refractivity contribution in [3.63, 3.8) is 0 Å². The smallest absolute Gasteiger partial charge is 0.264 e. The summed E-state index contributed by atoms with van der Waals surface area (Å²) in [4.78, 5) is 29.3. The van der Waals surface area contributed by atoms with Crippen molar-refractivity contribution in [2.45, 2.75) is 26.7 Å². The van der Waals surface area contributed by atoms with E-state index in [9.17, 15) is 9.59 Å². The molecule has 0 atom stereocenters. The van der Waals surface area contributed by atoms with Crippen molar-refractivity contribution in [3.05, 3.63) is 39.3 Å². The number of aromatic nitrogens is 2. The zero-order valence-electron chi connectivity index (χ0n) is 15.0. The minimum atomic E-state index is 0.0729. The molecule has 0 unspecified atom stereocenters. The second-order valence-electron chi connectivity index (χ2n) is 6.42. The molecule has 1 saturated heterocycles. The van der Waals surface area contributed by atoms with Gasteiger partial charge in [-0.25, -0.2) is 0 Å². The number of nitrogens with zero attached hydrogens (tertiary/aromatic N) is 4. The standard InChI is InChI=1S/C18H24N4O2S/c1-13-15(14(2)20(3)19-13)6-7-17(23)21-8-10-22(11-9-21)18(24)16-5-4-12-25-16/h4-5,12H,6-11H2,1-3H3. The average molecular weight is 360 g/mol. The van der Waals surface area contributed by atoms with Crippen molar-refractivity contribution in [1.29, 1.82) is 0 Å². The van der Waals surface area contributed by atoms with Crippen LogP contribution >= 0.6 is 11.3 Å². The maximum absolute atomic E-state index is 12.5. The number of amides is 2. The Morgan fingerprint density at radius 3 is 2.40 bits per heavy atom. The van der Waals surface area contributed by atoms with Gasteiger partial charge in [0.2, 0.25) is 5.91 Å². The van der Waals surface area contributed by atoms with E-state index < -0.39 is 0 Å². The van der Waals surface area contributed by atoms with Crippen LogP contribution in [0.15, 0.2) is 17.5 Å². The highest BCUT2D eigenvalue weighted by molar-refractivity contribution is 7.12. The molecule has 1 fully saturated rings. The lowest BCUT2D eigenvalue weighted by Gasteiger charge is -2.34. The Morgan fingerprint density at radius 2 is 1.84 bits per heavy atom. The average Bonchev–Trinajstić information content (AvgIpc) is 3.22. The maximum atomic E-state index is 12.5. The molecule has 6 nitrogen and oxygen atoms in total. The van der Waals surface area contributed by atoms with Crippen LogP contribution in [0.4, 0.5) is 0 Å². The third kappa shape index (κ3) is 3.76. The van der Waals surface area contributed by atoms with Gasteiger partial charge in [-0.1, -0.05) is 6.07 Å². The molecule has 3 rings (SSSR count). The highest BCUT2D eigenvalue weighted by Gasteiger charge is 2.25. The summed E-state index contributed by atoms with van der Waals surface area (Å²) in [6.07, 6.45) is 1.21. The number of rotatable bonds is 4. The van der Waals surface area contributed by atoms with Gasteiger partial charge in [-0.05, 0) is 37.3 Å². The van der Waals surface area contributed by atoms with Crippen LogP contribution in [0.1, 0.15) is 33.0 Å². The van der Waals surface area contributed by atoms with E-state index in [2.05, 4.69) is 5.10 Å². The number of thiophene rings is 1. The Bertz CT molecular complexity index is 758. The Labute approximate surface area is 152 Å². The number of hydrogen-bond acceptors (Lipinski definition) is 4. The molecule has 0 spiro atoms. The number of carbonyl (C=O) groups is 2. The monoisotopic (exact) mass is 360 g/mol. The van der Waals surface area contributed by atoms with Gasteiger partial charge in [-0.2, -0.15) is 5.10 Å². The third-order valence-corrected chi connectivity index (χ3v) is 5.76. The van der Waals surface area contributed by atoms with Crippen molar-refractivity contribution < 1.29 is 9.59 Å². The van der Waals surface area contributed by atoms with Crippen molar-refractivity contribution in [2.24, 2.45) is 7.05 Å². The maximum Gasteiger partial charge on any atom is 0.264 e. The molecule has 7 heteroatoms. The largest absolute Gasteiger partial charge is 0.339 e. The molecule has 0 saturated carbocycles. The number of aryl methyl sites for hydroxylation is 2. The van der Waals surface area contributed by atoms with E-state index in [1.165, 1.54) is 16.9 Å². The minimum Gasteiger partial charge on any atom is -0.339 e. The van der Waals surface area contributed by atoms with E-state index >= 15 is 0 Å². The molecule has 0 radical (unpaired) electrons. The van der Waals surface area contributed by atoms with Crippen molar-refractivity contribution >= 4 is 23.2 Å². The fraction of sp³-hybridized carbons (Fsp3) is 0.500. The molecule has 2 aromatic rings. The molecule has 0 aromatic carbocycles. The molecule has 0 aliphatic carbocycles. The van der Waals surface area contributed by atoms with Gasteiger partial charge in [-0.3, -0.25) is 14.3 Å². The van der Waals surface area contributed by atoms with Gasteiger partial charge in [0, 0.05) is 45.3 Å². The van der Waals surface area contributed by atoms with Crippen LogP contribution in [-0.2, 0) is 18.3 Å². The molecule has 134 valence electrons. The lowest BCUT2D eigenvalue weighted by molar-refractivity contribution is -0.132. The lowest BCUT2D eigenvalue weighted by atomic mass is 10.1. The zero-order chi connectivity index (χ0) is 18.0. The summed E-state index contributed by atoms with van der Waals surface area (Å²) in [6, 6.07) is 3.74. The van der Waals surface area contributed by atoms with Crippen LogP contribution in [-0.4, -0.2) is 57.6 Å². The highest BCUT2D eigenvalue weighted by Crippen LogP contribution is 2.17. The number of piperazine rings is 1. The van der Waals surface area contributed by atoms with E-state index in [1.807, 2.05) is 52.9 Å². The molecular formula is C18H24N4O2S. The number of hydrogen-bond donors (Lipinski definition) is 0. The molecular weight excluding hydrogens is 336 g/mol. The molecule has 1 aliphatic heterocycles. The topological polar surface area (TPSA) is 58.4 Å². The summed E-state index contributed by atoms with van der Waals surface area (Å²) < 4.78 is 1.87. The molecule has 1 aliphatic rings. The number of carbonyl (C=O) groups excluding carboxylic acids is 2. The fourth-order valence-electron chi connectivity index (χ4n) is 3.28. The molecule has 0 N–H and O–H groups in total. The van der Waals surface area contributed by atoms with E-state index in [1.54, 1.807) is 0 Å². The zero-order valence-corrected chi connectivity index (χ0v) is 15.8. The van der Waals surface area contributed by atoms with Crippen LogP contribution in [0, 0.1) is 13.8 Å². The predicted molar refractivity (Wildman–Crippen MR) is 97.8 cm³/mol. The first-order valence-corrected chi connectivity index (χ1v) is 9.45. The van der Waals surface area contributed by atoms with Crippen molar-refractivity contribution in [1.82, 2.24) is 19.6 Å². The van der Waals surface area contributed by atoms with Crippen LogP contribution in [0.25, 0.3) is 0 Å². The van der Waals surface area contributed by atoms with Crippen LogP contribution in [0.5, 0.6) is 0 Å². The first-order chi connectivity index (χ1) is 12.0. The van der Waals surface area contributed by atoms with Gasteiger partial charge in [0.05, 0.1) is 10.6 Å². The van der Waals surface area contributed by atoms with Crippen molar-refractivity contribution in [3.8, 4) is 0 Å². The summed E-state index contributed by atoms with van der Waals surface area (Å²) in [6.45, 7) is 6.46. The SMILES string of the molecule is Cc1nn(C)c(C)c1CCC(=O)N1CCN(C(=O)c2cccs2)CC1. The summed E-state index contributed by atoms with van der Waals surface area (Å²) >= 11 is 1.46. The molecule has 2 amide bonds. The van der Waals surface area contributed by atoms with Crippen LogP contribution < -0.4 is 0 Å². The molecule has 0 bridgehead atoms. The summed E-state index contributed by atoms with van der Waals surface area (Å²) in [7, 11) is 1.93. The first kappa shape index (κ1) is 17.7. The Kier molecular flexibility index (Phi) is 5.22. The Hall–Kier alpha value is -2.15. The van der Waals surface area contributed by atoms with Gasteiger partial charge >= 0.3 is 0 Å². The van der Waals surface area contributed by atoms with Gasteiger partial charge in [0.25, 0.3) is 5.91 Å². The van der Waals surface area contributed by atoms with Crippen molar-refractivity contribution in [2.75, 3.05) is 26.2 Å². The van der Waals surface area contributed by atoms with E-state index in [0.29, 0.717) is 32.6 Å². The van der Waals surface area contributed by atoms with E-state index in [4.69, 9.17) is 0 Å². The quantitative estimate of drug-likeness (QED) is 0.838. The Morgan fingerprint density at radius 1 is 1.16 bits per heavy atom. The Balaban J connectivity index is 1.51. The molecule has 25 heavy (non-hydrogen) atoms. The molecule has 2 aromatic heterocycles. The van der Waals surface area contributed by atoms with Gasteiger partial charge in [0.1, 0.15) is 0 Å². The second-order valence-corrected chi connectivity index (χ2v) is 7.37. The predicted octanol–water partition coefficient (Wildman–Crippen LogP) is 2.02. The van der Waals surface area contributed by atoms with Gasteiger partial charge in [0.15, 0.2) is 0 Å². The van der Waals surface area contributed by atoms with Gasteiger partial charge in [-0.15, -0.1) is 11.3 Å². The van der Waals surface area contributed by atoms with Crippen LogP contribution in [0.2, 0.25) is 0 Å². The van der Waals surface area contributed by atoms with E-state index in [-0.39, 0.29) is 11.8 Å². The third-order valence-electron chi connectivity index (χ3n) is 4.90. The fourth-order valence-corrected chi connectivity index (χ4v) is 3.98. The van der Waals surface area contributed by atoms with Gasteiger partial charge < -0.3 is 9.80 Å². The highest BCUT2D eigenvalue weighted by atomic mass is 32.1. The van der Waals surface area contributed by atoms with E-state index in [0.717, 1.165) is 22.7 Å². The normalized spacial score (nSPS) is 14.8. The minimum absolute atomic E-state index is 0.0729. The molecule has 3 heterocycles. The summed E-state index contributed by atoms with van der Waals surface area (Å²) in [5, 5.41) is 6.32. The first-order valence-electron chi connectivity index (χ1n) is 8.57. The summed E-state index contributed by atoms with van der Waals surface area (Å²) in [5.41, 5.74) is 3.29. The van der Waals surface area contributed by atoms with Crippen LogP contribution in [0.3, 0.4) is 0 Å².